The van der Waals surface area contributed by atoms with Crippen LogP contribution in [0.1, 0.15) is 24.1 Å². The number of fused-ring (bicyclic) bond motifs is 1. The van der Waals surface area contributed by atoms with Gasteiger partial charge in [-0.2, -0.15) is 0 Å². The molecule has 1 aromatic heterocycles. The third-order valence-electron chi connectivity index (χ3n) is 4.01. The lowest BCUT2D eigenvalue weighted by Crippen LogP contribution is -2.19. The van der Waals surface area contributed by atoms with E-state index in [1.807, 2.05) is 36.4 Å². The molecule has 0 amide bonds. The van der Waals surface area contributed by atoms with Crippen LogP contribution >= 0.6 is 11.6 Å². The number of halogens is 1. The molecule has 0 spiro atoms. The fourth-order valence-electron chi connectivity index (χ4n) is 2.62. The standard InChI is InChI=1S/C19H18ClNO3/c1-12(13-3-5-15(20)6-4-13)21-11-14-9-19(22)24-18-10-16(23-2)7-8-17(14)18/h3-10,12,21H,11H2,1-2H3. The van der Waals surface area contributed by atoms with Gasteiger partial charge in [0, 0.05) is 35.1 Å². The maximum atomic E-state index is 11.8. The summed E-state index contributed by atoms with van der Waals surface area (Å²) < 4.78 is 10.5. The smallest absolute Gasteiger partial charge is 0.336 e. The van der Waals surface area contributed by atoms with Gasteiger partial charge in [0.1, 0.15) is 11.3 Å². The van der Waals surface area contributed by atoms with Gasteiger partial charge in [-0.15, -0.1) is 0 Å². The van der Waals surface area contributed by atoms with Crippen molar-refractivity contribution >= 4 is 22.6 Å². The molecule has 2 aromatic carbocycles. The molecule has 0 aliphatic carbocycles. The first kappa shape index (κ1) is 16.6. The predicted molar refractivity (Wildman–Crippen MR) is 95.7 cm³/mol. The van der Waals surface area contributed by atoms with Gasteiger partial charge < -0.3 is 14.5 Å². The van der Waals surface area contributed by atoms with Crippen molar-refractivity contribution in [2.24, 2.45) is 0 Å². The Labute approximate surface area is 145 Å². The number of hydrogen-bond acceptors (Lipinski definition) is 4. The van der Waals surface area contributed by atoms with E-state index in [9.17, 15) is 4.79 Å². The number of benzene rings is 2. The van der Waals surface area contributed by atoms with Gasteiger partial charge in [-0.25, -0.2) is 4.79 Å². The molecule has 124 valence electrons. The molecule has 0 aliphatic heterocycles. The molecule has 24 heavy (non-hydrogen) atoms. The van der Waals surface area contributed by atoms with Crippen LogP contribution < -0.4 is 15.7 Å². The van der Waals surface area contributed by atoms with Crippen molar-refractivity contribution in [3.05, 3.63) is 75.1 Å². The van der Waals surface area contributed by atoms with E-state index in [0.717, 1.165) is 16.5 Å². The Morgan fingerprint density at radius 1 is 1.17 bits per heavy atom. The lowest BCUT2D eigenvalue weighted by Gasteiger charge is -2.15. The van der Waals surface area contributed by atoms with Crippen LogP contribution in [0.3, 0.4) is 0 Å². The van der Waals surface area contributed by atoms with Crippen LogP contribution in [0, 0.1) is 0 Å². The summed E-state index contributed by atoms with van der Waals surface area (Å²) in [6.07, 6.45) is 0. The maximum absolute atomic E-state index is 11.8. The summed E-state index contributed by atoms with van der Waals surface area (Å²) in [5.74, 6) is 0.658. The van der Waals surface area contributed by atoms with Gasteiger partial charge in [0.2, 0.25) is 0 Å². The van der Waals surface area contributed by atoms with E-state index in [4.69, 9.17) is 20.8 Å². The Hall–Kier alpha value is -2.30. The third-order valence-corrected chi connectivity index (χ3v) is 4.26. The SMILES string of the molecule is COc1ccc2c(CNC(C)c3ccc(Cl)cc3)cc(=O)oc2c1. The highest BCUT2D eigenvalue weighted by atomic mass is 35.5. The molecular weight excluding hydrogens is 326 g/mol. The van der Waals surface area contributed by atoms with Gasteiger partial charge >= 0.3 is 5.63 Å². The summed E-state index contributed by atoms with van der Waals surface area (Å²) >= 11 is 5.92. The monoisotopic (exact) mass is 343 g/mol. The van der Waals surface area contributed by atoms with E-state index in [-0.39, 0.29) is 11.7 Å². The minimum Gasteiger partial charge on any atom is -0.497 e. The van der Waals surface area contributed by atoms with Crippen molar-refractivity contribution in [1.29, 1.82) is 0 Å². The molecule has 0 fully saturated rings. The van der Waals surface area contributed by atoms with Crippen LogP contribution in [0.15, 0.2) is 57.7 Å². The number of rotatable bonds is 5. The Bertz CT molecular complexity index is 903. The summed E-state index contributed by atoms with van der Waals surface area (Å²) in [7, 11) is 1.58. The zero-order valence-corrected chi connectivity index (χ0v) is 14.3. The van der Waals surface area contributed by atoms with Crippen LogP contribution in [0.25, 0.3) is 11.0 Å². The Morgan fingerprint density at radius 2 is 1.92 bits per heavy atom. The first-order valence-electron chi connectivity index (χ1n) is 7.66. The van der Waals surface area contributed by atoms with Crippen molar-refractivity contribution in [2.45, 2.75) is 19.5 Å². The molecule has 0 bridgehead atoms. The lowest BCUT2D eigenvalue weighted by atomic mass is 10.1. The number of hydrogen-bond donors (Lipinski definition) is 1. The van der Waals surface area contributed by atoms with Crippen molar-refractivity contribution < 1.29 is 9.15 Å². The van der Waals surface area contributed by atoms with Gasteiger partial charge in [0.25, 0.3) is 0 Å². The molecule has 0 aliphatic rings. The second-order valence-electron chi connectivity index (χ2n) is 5.61. The molecule has 3 aromatic rings. The second-order valence-corrected chi connectivity index (χ2v) is 6.04. The Balaban J connectivity index is 1.84. The highest BCUT2D eigenvalue weighted by Gasteiger charge is 2.09. The molecule has 1 atom stereocenters. The molecule has 3 rings (SSSR count). The maximum Gasteiger partial charge on any atom is 0.336 e. The van der Waals surface area contributed by atoms with Gasteiger partial charge in [-0.3, -0.25) is 0 Å². The van der Waals surface area contributed by atoms with Gasteiger partial charge in [0.15, 0.2) is 0 Å². The minimum absolute atomic E-state index is 0.128. The largest absolute Gasteiger partial charge is 0.497 e. The molecule has 1 N–H and O–H groups in total. The van der Waals surface area contributed by atoms with Crippen LogP contribution in [-0.4, -0.2) is 7.11 Å². The topological polar surface area (TPSA) is 51.5 Å². The molecule has 1 heterocycles. The Kier molecular flexibility index (Phi) is 4.88. The van der Waals surface area contributed by atoms with Crippen LogP contribution in [-0.2, 0) is 6.54 Å². The summed E-state index contributed by atoms with van der Waals surface area (Å²) in [6.45, 7) is 2.62. The third kappa shape index (κ3) is 3.61. The molecule has 1 unspecified atom stereocenters. The van der Waals surface area contributed by atoms with Crippen LogP contribution in [0.2, 0.25) is 5.02 Å². The van der Waals surface area contributed by atoms with Crippen LogP contribution in [0.5, 0.6) is 5.75 Å². The molecular formula is C19H18ClNO3. The van der Waals surface area contributed by atoms with E-state index in [1.54, 1.807) is 13.2 Å². The first-order valence-corrected chi connectivity index (χ1v) is 8.04. The highest BCUT2D eigenvalue weighted by Crippen LogP contribution is 2.23. The quantitative estimate of drug-likeness (QED) is 0.701. The second kappa shape index (κ2) is 7.07. The predicted octanol–water partition coefficient (Wildman–Crippen LogP) is 4.31. The van der Waals surface area contributed by atoms with E-state index in [2.05, 4.69) is 12.2 Å². The minimum atomic E-state index is -0.369. The van der Waals surface area contributed by atoms with Crippen LogP contribution in [0.4, 0.5) is 0 Å². The average Bonchev–Trinajstić information content (AvgIpc) is 2.59. The molecule has 0 radical (unpaired) electrons. The normalized spacial score (nSPS) is 12.3. The number of ether oxygens (including phenoxy) is 1. The van der Waals surface area contributed by atoms with E-state index in [0.29, 0.717) is 22.9 Å². The fourth-order valence-corrected chi connectivity index (χ4v) is 2.74. The van der Waals surface area contributed by atoms with Gasteiger partial charge in [0.05, 0.1) is 7.11 Å². The summed E-state index contributed by atoms with van der Waals surface area (Å²) in [6, 6.07) is 14.9. The van der Waals surface area contributed by atoms with Gasteiger partial charge in [-0.05, 0) is 42.3 Å². The average molecular weight is 344 g/mol. The fraction of sp³-hybridized carbons (Fsp3) is 0.211. The number of methoxy groups -OCH3 is 1. The summed E-state index contributed by atoms with van der Waals surface area (Å²) in [5, 5.41) is 5.04. The van der Waals surface area contributed by atoms with E-state index < -0.39 is 0 Å². The zero-order valence-electron chi connectivity index (χ0n) is 13.5. The summed E-state index contributed by atoms with van der Waals surface area (Å²) in [4.78, 5) is 11.8. The van der Waals surface area contributed by atoms with E-state index in [1.165, 1.54) is 6.07 Å². The molecule has 0 saturated carbocycles. The molecule has 0 saturated heterocycles. The van der Waals surface area contributed by atoms with Crippen molar-refractivity contribution in [3.63, 3.8) is 0 Å². The Morgan fingerprint density at radius 3 is 2.62 bits per heavy atom. The number of nitrogens with one attached hydrogen (secondary N) is 1. The van der Waals surface area contributed by atoms with Crippen molar-refractivity contribution in [1.82, 2.24) is 5.32 Å². The van der Waals surface area contributed by atoms with Gasteiger partial charge in [-0.1, -0.05) is 23.7 Å². The highest BCUT2D eigenvalue weighted by molar-refractivity contribution is 6.30. The first-order chi connectivity index (χ1) is 11.6. The zero-order chi connectivity index (χ0) is 17.1. The van der Waals surface area contributed by atoms with Crippen molar-refractivity contribution in [2.75, 3.05) is 7.11 Å². The lowest BCUT2D eigenvalue weighted by molar-refractivity contribution is 0.414. The van der Waals surface area contributed by atoms with E-state index >= 15 is 0 Å². The van der Waals surface area contributed by atoms with Crippen molar-refractivity contribution in [3.8, 4) is 5.75 Å². The summed E-state index contributed by atoms with van der Waals surface area (Å²) in [5.41, 5.74) is 2.18. The molecule has 5 heteroatoms. The molecule has 4 nitrogen and oxygen atoms in total.